The average Bonchev–Trinajstić information content (AvgIpc) is 3.29. The Labute approximate surface area is 186 Å². The van der Waals surface area contributed by atoms with Gasteiger partial charge >= 0.3 is 0 Å². The van der Waals surface area contributed by atoms with Crippen molar-refractivity contribution in [2.24, 2.45) is 10.1 Å². The molecule has 1 aromatic carbocycles. The third-order valence-electron chi connectivity index (χ3n) is 5.34. The van der Waals surface area contributed by atoms with Crippen molar-refractivity contribution in [2.75, 3.05) is 7.11 Å². The number of fused-ring (bicyclic) bond motifs is 1. The Morgan fingerprint density at radius 3 is 2.65 bits per heavy atom. The minimum absolute atomic E-state index is 0.0725. The van der Waals surface area contributed by atoms with Crippen LogP contribution in [0.3, 0.4) is 0 Å². The third-order valence-corrected chi connectivity index (χ3v) is 6.31. The van der Waals surface area contributed by atoms with Gasteiger partial charge in [-0.1, -0.05) is 13.3 Å². The van der Waals surface area contributed by atoms with Crippen LogP contribution in [-0.4, -0.2) is 38.6 Å². The van der Waals surface area contributed by atoms with Gasteiger partial charge in [0.25, 0.3) is 5.91 Å². The summed E-state index contributed by atoms with van der Waals surface area (Å²) in [6, 6.07) is 9.84. The first-order chi connectivity index (χ1) is 14.9. The van der Waals surface area contributed by atoms with Crippen molar-refractivity contribution >= 4 is 39.8 Å². The average molecular weight is 436 g/mol. The number of carbonyl (C=O) groups excluding carboxylic acids is 1. The summed E-state index contributed by atoms with van der Waals surface area (Å²) in [7, 11) is 1.64. The molecule has 0 aliphatic carbocycles. The molecule has 1 N–H and O–H groups in total. The molecule has 1 amide bonds. The zero-order chi connectivity index (χ0) is 22.1. The second-order valence-corrected chi connectivity index (χ2v) is 8.52. The number of nitrogens with zero attached hydrogens (tertiary/aromatic N) is 4. The lowest BCUT2D eigenvalue weighted by atomic mass is 10.1. The lowest BCUT2D eigenvalue weighted by Crippen LogP contribution is -2.35. The van der Waals surface area contributed by atoms with Crippen LogP contribution in [-0.2, 0) is 4.79 Å². The molecule has 7 nitrogen and oxygen atoms in total. The van der Waals surface area contributed by atoms with Crippen LogP contribution >= 0.6 is 11.8 Å². The van der Waals surface area contributed by atoms with E-state index >= 15 is 0 Å². The number of benzene rings is 1. The van der Waals surface area contributed by atoms with E-state index in [2.05, 4.69) is 21.6 Å². The first kappa shape index (κ1) is 21.1. The highest BCUT2D eigenvalue weighted by molar-refractivity contribution is 8.26. The van der Waals surface area contributed by atoms with Crippen LogP contribution in [0.4, 0.5) is 0 Å². The zero-order valence-corrected chi connectivity index (χ0v) is 18.9. The highest BCUT2D eigenvalue weighted by atomic mass is 32.2. The number of rotatable bonds is 6. The molecule has 2 aliphatic heterocycles. The lowest BCUT2D eigenvalue weighted by Gasteiger charge is -2.20. The summed E-state index contributed by atoms with van der Waals surface area (Å²) in [4.78, 5) is 16.9. The first-order valence-corrected chi connectivity index (χ1v) is 11.1. The third kappa shape index (κ3) is 3.95. The van der Waals surface area contributed by atoms with Gasteiger partial charge in [0.2, 0.25) is 5.17 Å². The molecule has 0 fully saturated rings. The molecule has 0 radical (unpaired) electrons. The molecule has 0 saturated carbocycles. The fourth-order valence-electron chi connectivity index (χ4n) is 3.68. The number of thioether (sulfide) groups is 1. The number of nitrogens with one attached hydrogen (secondary N) is 1. The number of amidine groups is 2. The number of amides is 1. The van der Waals surface area contributed by atoms with Crippen molar-refractivity contribution in [3.05, 3.63) is 52.9 Å². The number of hydrogen-bond donors (Lipinski definition) is 1. The van der Waals surface area contributed by atoms with E-state index in [1.165, 1.54) is 16.8 Å². The molecule has 160 valence electrons. The van der Waals surface area contributed by atoms with Gasteiger partial charge in [0.15, 0.2) is 5.84 Å². The van der Waals surface area contributed by atoms with Crippen LogP contribution in [0.5, 0.6) is 5.75 Å². The van der Waals surface area contributed by atoms with Gasteiger partial charge in [0.1, 0.15) is 10.8 Å². The van der Waals surface area contributed by atoms with Crippen molar-refractivity contribution < 1.29 is 9.53 Å². The number of carbonyl (C=O) groups is 1. The molecular weight excluding hydrogens is 410 g/mol. The van der Waals surface area contributed by atoms with E-state index in [9.17, 15) is 4.79 Å². The Kier molecular flexibility index (Phi) is 5.82. The first-order valence-electron chi connectivity index (χ1n) is 10.3. The van der Waals surface area contributed by atoms with E-state index in [0.717, 1.165) is 52.7 Å². The van der Waals surface area contributed by atoms with Gasteiger partial charge < -0.3 is 9.30 Å². The second-order valence-electron chi connectivity index (χ2n) is 7.48. The molecule has 31 heavy (non-hydrogen) atoms. The predicted octanol–water partition coefficient (Wildman–Crippen LogP) is 4.91. The molecular formula is C23H25N5O2S. The molecule has 2 aromatic rings. The summed E-state index contributed by atoms with van der Waals surface area (Å²) in [5.41, 5.74) is 4.15. The maximum atomic E-state index is 12.7. The van der Waals surface area contributed by atoms with Crippen molar-refractivity contribution in [2.45, 2.75) is 40.0 Å². The van der Waals surface area contributed by atoms with Crippen LogP contribution in [0.15, 0.2) is 46.0 Å². The molecule has 0 atom stereocenters. The van der Waals surface area contributed by atoms with Crippen molar-refractivity contribution in [3.8, 4) is 11.4 Å². The molecule has 2 aliphatic rings. The zero-order valence-electron chi connectivity index (χ0n) is 18.1. The summed E-state index contributed by atoms with van der Waals surface area (Å²) < 4.78 is 7.36. The Bertz CT molecular complexity index is 1140. The van der Waals surface area contributed by atoms with Gasteiger partial charge in [-0.2, -0.15) is 15.1 Å². The Morgan fingerprint density at radius 1 is 1.23 bits per heavy atom. The number of hydrazone groups is 1. The minimum Gasteiger partial charge on any atom is -0.497 e. The highest BCUT2D eigenvalue weighted by Crippen LogP contribution is 2.31. The molecule has 1 aromatic heterocycles. The number of unbranched alkanes of at least 4 members (excludes halogenated alkanes) is 1. The van der Waals surface area contributed by atoms with E-state index in [1.807, 2.05) is 44.2 Å². The minimum atomic E-state index is -0.398. The number of methoxy groups -OCH3 is 1. The number of aliphatic imine (C=N–C) groups is 1. The lowest BCUT2D eigenvalue weighted by molar-refractivity contribution is -0.114. The highest BCUT2D eigenvalue weighted by Gasteiger charge is 2.35. The second kappa shape index (κ2) is 8.55. The molecule has 8 heteroatoms. The Balaban J connectivity index is 1.67. The van der Waals surface area contributed by atoms with Crippen LogP contribution in [0.25, 0.3) is 11.8 Å². The van der Waals surface area contributed by atoms with Crippen molar-refractivity contribution in [1.29, 1.82) is 5.41 Å². The smallest absolute Gasteiger partial charge is 0.283 e. The Hall–Kier alpha value is -3.13. The summed E-state index contributed by atoms with van der Waals surface area (Å²) in [5, 5.41) is 15.9. The Morgan fingerprint density at radius 2 is 1.97 bits per heavy atom. The molecule has 0 bridgehead atoms. The van der Waals surface area contributed by atoms with Crippen molar-refractivity contribution in [3.63, 3.8) is 0 Å². The standard InChI is InChI=1S/C23H25N5O2S/c1-5-6-7-20-26-28-21(24)19(22(29)25-23(28)31-20)13-16-12-14(2)27(15(16)3)17-8-10-18(30-4)11-9-17/h8-13,24H,5-7H2,1-4H3/b19-13+,24-21?. The molecule has 3 heterocycles. The van der Waals surface area contributed by atoms with E-state index in [-0.39, 0.29) is 11.4 Å². The SMILES string of the molecule is CCCCC1=NN2C(=N)/C(=C\c3cc(C)n(-c4ccc(OC)cc4)c3C)C(=O)N=C2S1. The predicted molar refractivity (Wildman–Crippen MR) is 126 cm³/mol. The quantitative estimate of drug-likeness (QED) is 0.654. The number of hydrogen-bond acceptors (Lipinski definition) is 5. The van der Waals surface area contributed by atoms with Crippen molar-refractivity contribution in [1.82, 2.24) is 9.58 Å². The van der Waals surface area contributed by atoms with Gasteiger partial charge in [-0.3, -0.25) is 10.2 Å². The summed E-state index contributed by atoms with van der Waals surface area (Å²) in [6.07, 6.45) is 4.67. The summed E-state index contributed by atoms with van der Waals surface area (Å²) in [5.74, 6) is 0.471. The van der Waals surface area contributed by atoms with Gasteiger partial charge in [0, 0.05) is 17.1 Å². The maximum absolute atomic E-state index is 12.7. The fraction of sp³-hybridized carbons (Fsp3) is 0.304. The van der Waals surface area contributed by atoms with Gasteiger partial charge in [-0.25, -0.2) is 0 Å². The normalized spacial score (nSPS) is 17.2. The molecule has 0 unspecified atom stereocenters. The molecule has 4 rings (SSSR count). The van der Waals surface area contributed by atoms with Crippen LogP contribution in [0.1, 0.15) is 43.1 Å². The van der Waals surface area contributed by atoms with Crippen LogP contribution < -0.4 is 4.74 Å². The van der Waals surface area contributed by atoms with E-state index in [0.29, 0.717) is 5.17 Å². The van der Waals surface area contributed by atoms with E-state index < -0.39 is 5.91 Å². The monoisotopic (exact) mass is 435 g/mol. The summed E-state index contributed by atoms with van der Waals surface area (Å²) >= 11 is 1.38. The van der Waals surface area contributed by atoms with Gasteiger partial charge in [0.05, 0.1) is 12.7 Å². The van der Waals surface area contributed by atoms with E-state index in [1.54, 1.807) is 13.2 Å². The van der Waals surface area contributed by atoms with Gasteiger partial charge in [-0.05, 0) is 80.4 Å². The number of aryl methyl sites for hydroxylation is 1. The number of aromatic nitrogens is 1. The topological polar surface area (TPSA) is 83.0 Å². The summed E-state index contributed by atoms with van der Waals surface area (Å²) in [6.45, 7) is 6.15. The largest absolute Gasteiger partial charge is 0.497 e. The molecule has 0 spiro atoms. The molecule has 0 saturated heterocycles. The maximum Gasteiger partial charge on any atom is 0.283 e. The van der Waals surface area contributed by atoms with Gasteiger partial charge in [-0.15, -0.1) is 0 Å². The number of ether oxygens (including phenoxy) is 1. The van der Waals surface area contributed by atoms with E-state index in [4.69, 9.17) is 10.1 Å². The fourth-order valence-corrected chi connectivity index (χ4v) is 4.61. The van der Waals surface area contributed by atoms with Crippen LogP contribution in [0.2, 0.25) is 0 Å². The van der Waals surface area contributed by atoms with Crippen LogP contribution in [0, 0.1) is 19.3 Å².